The van der Waals surface area contributed by atoms with E-state index in [4.69, 9.17) is 4.74 Å². The first-order valence-electron chi connectivity index (χ1n) is 10.9. The molecule has 3 aromatic rings. The largest absolute Gasteiger partial charge is 1.00 e. The second kappa shape index (κ2) is 12.3. The molecule has 3 rings (SSSR count). The van der Waals surface area contributed by atoms with Gasteiger partial charge in [0, 0.05) is 7.11 Å². The van der Waals surface area contributed by atoms with Crippen molar-refractivity contribution in [1.29, 1.82) is 0 Å². The number of methoxy groups -OCH3 is 1. The summed E-state index contributed by atoms with van der Waals surface area (Å²) in [4.78, 5) is 0. The van der Waals surface area contributed by atoms with Crippen LogP contribution in [0.25, 0.3) is 0 Å². The summed E-state index contributed by atoms with van der Waals surface area (Å²) < 4.78 is 5.54. The summed E-state index contributed by atoms with van der Waals surface area (Å²) in [5.41, 5.74) is 1.16. The van der Waals surface area contributed by atoms with Gasteiger partial charge in [-0.1, -0.05) is 72.3 Å². The Morgan fingerprint density at radius 2 is 1.19 bits per heavy atom. The molecule has 0 unspecified atom stereocenters. The Balaban J connectivity index is 0.00000363. The molecular formula is C29H34BrOP. The zero-order valence-corrected chi connectivity index (χ0v) is 22.0. The van der Waals surface area contributed by atoms with Crippen molar-refractivity contribution in [2.45, 2.75) is 32.8 Å². The lowest BCUT2D eigenvalue weighted by Gasteiger charge is -2.26. The van der Waals surface area contributed by atoms with Gasteiger partial charge in [0.25, 0.3) is 0 Å². The van der Waals surface area contributed by atoms with Gasteiger partial charge in [0.2, 0.25) is 0 Å². The Bertz CT molecular complexity index is 898. The third-order valence-corrected chi connectivity index (χ3v) is 10.1. The van der Waals surface area contributed by atoms with E-state index in [0.717, 1.165) is 12.6 Å². The average Bonchev–Trinajstić information content (AvgIpc) is 2.81. The van der Waals surface area contributed by atoms with E-state index in [1.54, 1.807) is 7.11 Å². The molecule has 1 nitrogen and oxygen atoms in total. The number of allylic oxidation sites excluding steroid dienone is 3. The number of ether oxygens (including phenoxy) is 1. The van der Waals surface area contributed by atoms with Gasteiger partial charge in [-0.05, 0) is 69.7 Å². The van der Waals surface area contributed by atoms with Gasteiger partial charge in [-0.25, -0.2) is 0 Å². The molecule has 0 aliphatic rings. The third-order valence-electron chi connectivity index (χ3n) is 5.82. The Kier molecular flexibility index (Phi) is 10.1. The Morgan fingerprint density at radius 3 is 1.56 bits per heavy atom. The fourth-order valence-electron chi connectivity index (χ4n) is 3.77. The van der Waals surface area contributed by atoms with Gasteiger partial charge in [-0.3, -0.25) is 0 Å². The molecule has 0 aliphatic carbocycles. The summed E-state index contributed by atoms with van der Waals surface area (Å²) in [6, 6.07) is 33.1. The van der Waals surface area contributed by atoms with Gasteiger partial charge in [0.05, 0.1) is 11.8 Å². The second-order valence-electron chi connectivity index (χ2n) is 8.52. The van der Waals surface area contributed by atoms with Crippen LogP contribution >= 0.6 is 7.26 Å². The minimum absolute atomic E-state index is 0. The van der Waals surface area contributed by atoms with Crippen LogP contribution in [0.5, 0.6) is 0 Å². The van der Waals surface area contributed by atoms with Gasteiger partial charge in [0.1, 0.15) is 23.2 Å². The molecule has 0 fully saturated rings. The van der Waals surface area contributed by atoms with Crippen molar-refractivity contribution in [3.8, 4) is 0 Å². The average molecular weight is 509 g/mol. The Labute approximate surface area is 205 Å². The van der Waals surface area contributed by atoms with Crippen molar-refractivity contribution in [3.05, 3.63) is 115 Å². The molecule has 0 amide bonds. The molecule has 0 bridgehead atoms. The van der Waals surface area contributed by atoms with Crippen LogP contribution in [0.1, 0.15) is 27.2 Å². The van der Waals surface area contributed by atoms with E-state index in [0.29, 0.717) is 0 Å². The van der Waals surface area contributed by atoms with Crippen LogP contribution in [-0.4, -0.2) is 18.9 Å². The molecule has 0 saturated carbocycles. The third kappa shape index (κ3) is 6.51. The molecule has 0 aliphatic heterocycles. The summed E-state index contributed by atoms with van der Waals surface area (Å²) in [5, 5.41) is 4.25. The zero-order chi connectivity index (χ0) is 22.2. The standard InChI is InChI=1S/C29H34OP.BrH/c1-25(15-14-23-29(2,3)30-4)22-24-31(26-16-8-5-9-17-26,27-18-10-6-11-19-27)28-20-12-7-13-21-28;/h5-22H,23-24H2,1-4H3;1H/q+1;/p-1/b15-14+,25-22+;. The summed E-state index contributed by atoms with van der Waals surface area (Å²) >= 11 is 0. The van der Waals surface area contributed by atoms with Crippen molar-refractivity contribution in [1.82, 2.24) is 0 Å². The van der Waals surface area contributed by atoms with Crippen LogP contribution in [0.4, 0.5) is 0 Å². The molecule has 3 heteroatoms. The van der Waals surface area contributed by atoms with Crippen LogP contribution in [0.3, 0.4) is 0 Å². The number of halogens is 1. The molecule has 3 aromatic carbocycles. The maximum Gasteiger partial charge on any atom is 0.115 e. The smallest absolute Gasteiger partial charge is 0.115 e. The second-order valence-corrected chi connectivity index (χ2v) is 12.1. The van der Waals surface area contributed by atoms with E-state index in [-0.39, 0.29) is 22.6 Å². The van der Waals surface area contributed by atoms with E-state index in [9.17, 15) is 0 Å². The minimum atomic E-state index is -1.81. The fourth-order valence-corrected chi connectivity index (χ4v) is 7.90. The summed E-state index contributed by atoms with van der Waals surface area (Å²) in [5.74, 6) is 0. The van der Waals surface area contributed by atoms with Gasteiger partial charge < -0.3 is 21.7 Å². The molecule has 0 spiro atoms. The van der Waals surface area contributed by atoms with Crippen LogP contribution in [-0.2, 0) is 4.74 Å². The molecule has 0 radical (unpaired) electrons. The van der Waals surface area contributed by atoms with E-state index in [1.165, 1.54) is 21.5 Å². The zero-order valence-electron chi connectivity index (χ0n) is 19.5. The molecule has 0 N–H and O–H groups in total. The maximum atomic E-state index is 5.54. The highest BCUT2D eigenvalue weighted by Gasteiger charge is 2.44. The molecule has 0 aromatic heterocycles. The van der Waals surface area contributed by atoms with E-state index < -0.39 is 7.26 Å². The fraction of sp³-hybridized carbons (Fsp3) is 0.241. The predicted molar refractivity (Wildman–Crippen MR) is 139 cm³/mol. The first-order chi connectivity index (χ1) is 15.0. The van der Waals surface area contributed by atoms with Gasteiger partial charge in [-0.2, -0.15) is 0 Å². The van der Waals surface area contributed by atoms with Crippen molar-refractivity contribution >= 4 is 23.2 Å². The monoisotopic (exact) mass is 508 g/mol. The van der Waals surface area contributed by atoms with Crippen LogP contribution in [0, 0.1) is 0 Å². The quantitative estimate of drug-likeness (QED) is 0.318. The van der Waals surface area contributed by atoms with E-state index in [2.05, 4.69) is 130 Å². The van der Waals surface area contributed by atoms with Crippen LogP contribution in [0.15, 0.2) is 115 Å². The maximum absolute atomic E-state index is 5.54. The highest BCUT2D eigenvalue weighted by atomic mass is 79.9. The van der Waals surface area contributed by atoms with Crippen LogP contribution < -0.4 is 32.9 Å². The minimum Gasteiger partial charge on any atom is -1.00 e. The number of hydrogen-bond acceptors (Lipinski definition) is 1. The number of hydrogen-bond donors (Lipinski definition) is 0. The molecular weight excluding hydrogens is 475 g/mol. The molecule has 168 valence electrons. The molecule has 32 heavy (non-hydrogen) atoms. The summed E-state index contributed by atoms with van der Waals surface area (Å²) in [7, 11) is -0.0398. The van der Waals surface area contributed by atoms with E-state index in [1.807, 2.05) is 0 Å². The lowest BCUT2D eigenvalue weighted by Crippen LogP contribution is -3.00. The summed E-state index contributed by atoms with van der Waals surface area (Å²) in [6.45, 7) is 6.44. The Hall–Kier alpha value is -1.99. The molecule has 0 saturated heterocycles. The van der Waals surface area contributed by atoms with Crippen molar-refractivity contribution < 1.29 is 21.7 Å². The Morgan fingerprint density at radius 1 is 0.781 bits per heavy atom. The van der Waals surface area contributed by atoms with Gasteiger partial charge in [0.15, 0.2) is 0 Å². The topological polar surface area (TPSA) is 9.23 Å². The number of benzene rings is 3. The predicted octanol–water partition coefficient (Wildman–Crippen LogP) is 3.30. The van der Waals surface area contributed by atoms with Crippen molar-refractivity contribution in [2.24, 2.45) is 0 Å². The highest BCUT2D eigenvalue weighted by Crippen LogP contribution is 2.55. The highest BCUT2D eigenvalue weighted by molar-refractivity contribution is 7.95. The van der Waals surface area contributed by atoms with Crippen LogP contribution in [0.2, 0.25) is 0 Å². The number of rotatable bonds is 9. The molecule has 0 atom stereocenters. The van der Waals surface area contributed by atoms with E-state index >= 15 is 0 Å². The lowest BCUT2D eigenvalue weighted by atomic mass is 10.0. The lowest BCUT2D eigenvalue weighted by molar-refractivity contribution is -0.0000175. The van der Waals surface area contributed by atoms with Crippen molar-refractivity contribution in [2.75, 3.05) is 13.3 Å². The van der Waals surface area contributed by atoms with Gasteiger partial charge in [-0.15, -0.1) is 0 Å². The SMILES string of the molecule is COC(C)(C)C/C=C/C(C)=C/C[P+](c1ccccc1)(c1ccccc1)c1ccccc1.[Br-]. The molecule has 0 heterocycles. The first kappa shape index (κ1) is 26.3. The van der Waals surface area contributed by atoms with Crippen molar-refractivity contribution in [3.63, 3.8) is 0 Å². The normalized spacial score (nSPS) is 12.6. The summed E-state index contributed by atoms with van der Waals surface area (Å²) in [6.07, 6.45) is 8.76. The van der Waals surface area contributed by atoms with Gasteiger partial charge >= 0.3 is 0 Å². The first-order valence-corrected chi connectivity index (χ1v) is 12.9.